The Hall–Kier alpha value is -3.15. The Morgan fingerprint density at radius 2 is 1.76 bits per heavy atom. The van der Waals surface area contributed by atoms with Crippen molar-refractivity contribution >= 4 is 23.0 Å². The Kier molecular flexibility index (Phi) is 5.89. The Morgan fingerprint density at radius 1 is 1.03 bits per heavy atom. The molecule has 3 aromatic rings. The van der Waals surface area contributed by atoms with Gasteiger partial charge in [-0.15, -0.1) is 0 Å². The number of likely N-dealkylation sites (tertiary alicyclic amines) is 1. The van der Waals surface area contributed by atoms with Crippen LogP contribution in [-0.4, -0.2) is 41.5 Å². The number of rotatable bonds is 6. The van der Waals surface area contributed by atoms with Crippen LogP contribution < -0.4 is 0 Å². The van der Waals surface area contributed by atoms with Crippen LogP contribution in [0.2, 0.25) is 0 Å². The normalized spacial score (nSPS) is 14.8. The van der Waals surface area contributed by atoms with E-state index in [-0.39, 0.29) is 30.8 Å². The topological polar surface area (TPSA) is 72.6 Å². The smallest absolute Gasteiger partial charge is 0.306 e. The summed E-state index contributed by atoms with van der Waals surface area (Å²) in [5, 5.41) is 0. The number of oxazole rings is 1. The largest absolute Gasteiger partial charge is 0.456 e. The Balaban J connectivity index is 1.21. The number of piperidine rings is 1. The number of amides is 1. The Bertz CT molecular complexity index is 942. The molecule has 1 amide bonds. The first kappa shape index (κ1) is 19.2. The molecule has 0 N–H and O–H groups in total. The zero-order valence-corrected chi connectivity index (χ0v) is 16.3. The van der Waals surface area contributed by atoms with Crippen molar-refractivity contribution in [2.75, 3.05) is 19.7 Å². The molecule has 0 atom stereocenters. The lowest BCUT2D eigenvalue weighted by Gasteiger charge is -2.30. The molecule has 4 rings (SSSR count). The van der Waals surface area contributed by atoms with Crippen molar-refractivity contribution in [3.05, 3.63) is 66.1 Å². The molecule has 6 nitrogen and oxygen atoms in total. The highest BCUT2D eigenvalue weighted by molar-refractivity contribution is 5.80. The number of para-hydroxylation sites is 2. The average Bonchev–Trinajstić information content (AvgIpc) is 3.21. The Morgan fingerprint density at radius 3 is 2.52 bits per heavy atom. The van der Waals surface area contributed by atoms with E-state index in [4.69, 9.17) is 9.15 Å². The highest BCUT2D eigenvalue weighted by Crippen LogP contribution is 2.29. The third-order valence-corrected chi connectivity index (χ3v) is 5.32. The molecule has 1 aliphatic rings. The van der Waals surface area contributed by atoms with Gasteiger partial charge in [-0.05, 0) is 37.0 Å². The second kappa shape index (κ2) is 8.90. The summed E-state index contributed by atoms with van der Waals surface area (Å²) in [7, 11) is 0. The SMILES string of the molecule is O=C(CCc1ccccc1)OCC(=O)N1CCC(c2nc3ccccc3o2)CC1. The quantitative estimate of drug-likeness (QED) is 0.598. The van der Waals surface area contributed by atoms with Crippen molar-refractivity contribution in [2.45, 2.75) is 31.6 Å². The summed E-state index contributed by atoms with van der Waals surface area (Å²) in [6, 6.07) is 17.5. The van der Waals surface area contributed by atoms with Crippen molar-refractivity contribution in [1.29, 1.82) is 0 Å². The first-order valence-corrected chi connectivity index (χ1v) is 10.0. The first-order chi connectivity index (χ1) is 14.2. The maximum atomic E-state index is 12.4. The monoisotopic (exact) mass is 392 g/mol. The van der Waals surface area contributed by atoms with Crippen molar-refractivity contribution < 1.29 is 18.7 Å². The molecular weight excluding hydrogens is 368 g/mol. The maximum absolute atomic E-state index is 12.4. The fourth-order valence-electron chi connectivity index (χ4n) is 3.64. The molecule has 1 aromatic heterocycles. The lowest BCUT2D eigenvalue weighted by atomic mass is 9.97. The molecule has 1 saturated heterocycles. The number of hydrogen-bond acceptors (Lipinski definition) is 5. The van der Waals surface area contributed by atoms with Gasteiger partial charge in [0.05, 0.1) is 0 Å². The van der Waals surface area contributed by atoms with Crippen LogP contribution in [0.3, 0.4) is 0 Å². The van der Waals surface area contributed by atoms with Crippen LogP contribution in [0.5, 0.6) is 0 Å². The number of esters is 1. The summed E-state index contributed by atoms with van der Waals surface area (Å²) in [5.41, 5.74) is 2.74. The first-order valence-electron chi connectivity index (χ1n) is 10.0. The molecule has 0 aliphatic carbocycles. The fraction of sp³-hybridized carbons (Fsp3) is 0.348. The number of aromatic nitrogens is 1. The van der Waals surface area contributed by atoms with Gasteiger partial charge in [-0.2, -0.15) is 0 Å². The summed E-state index contributed by atoms with van der Waals surface area (Å²) < 4.78 is 11.0. The zero-order chi connectivity index (χ0) is 20.1. The van der Waals surface area contributed by atoms with Crippen LogP contribution in [0.25, 0.3) is 11.1 Å². The molecule has 0 bridgehead atoms. The standard InChI is InChI=1S/C23H24N2O4/c26-21(16-28-22(27)11-10-17-6-2-1-3-7-17)25-14-12-18(13-15-25)23-24-19-8-4-5-9-20(19)29-23/h1-9,18H,10-16H2. The second-order valence-corrected chi connectivity index (χ2v) is 7.32. The van der Waals surface area contributed by atoms with Crippen LogP contribution >= 0.6 is 0 Å². The van der Waals surface area contributed by atoms with E-state index in [1.54, 1.807) is 4.90 Å². The predicted octanol–water partition coefficient (Wildman–Crippen LogP) is 3.71. The van der Waals surface area contributed by atoms with Crippen molar-refractivity contribution in [2.24, 2.45) is 0 Å². The minimum absolute atomic E-state index is 0.144. The van der Waals surface area contributed by atoms with E-state index in [2.05, 4.69) is 4.98 Å². The number of aryl methyl sites for hydroxylation is 1. The highest BCUT2D eigenvalue weighted by Gasteiger charge is 2.27. The molecule has 0 unspecified atom stereocenters. The van der Waals surface area contributed by atoms with Crippen LogP contribution in [-0.2, 0) is 20.7 Å². The van der Waals surface area contributed by atoms with Crippen molar-refractivity contribution in [3.63, 3.8) is 0 Å². The summed E-state index contributed by atoms with van der Waals surface area (Å²) in [4.78, 5) is 30.6. The number of fused-ring (bicyclic) bond motifs is 1. The molecule has 0 spiro atoms. The van der Waals surface area contributed by atoms with E-state index >= 15 is 0 Å². The van der Waals surface area contributed by atoms with Gasteiger partial charge < -0.3 is 14.1 Å². The molecule has 0 saturated carbocycles. The summed E-state index contributed by atoms with van der Waals surface area (Å²) in [6.45, 7) is 1.04. The van der Waals surface area contributed by atoms with Crippen LogP contribution in [0, 0.1) is 0 Å². The lowest BCUT2D eigenvalue weighted by molar-refractivity contribution is -0.152. The lowest BCUT2D eigenvalue weighted by Crippen LogP contribution is -2.40. The summed E-state index contributed by atoms with van der Waals surface area (Å²) in [5.74, 6) is 0.461. The van der Waals surface area contributed by atoms with Gasteiger partial charge in [0, 0.05) is 25.4 Å². The van der Waals surface area contributed by atoms with Gasteiger partial charge in [-0.1, -0.05) is 42.5 Å². The molecular formula is C23H24N2O4. The van der Waals surface area contributed by atoms with Crippen LogP contribution in [0.4, 0.5) is 0 Å². The molecule has 1 fully saturated rings. The summed E-state index contributed by atoms with van der Waals surface area (Å²) >= 11 is 0. The van der Waals surface area contributed by atoms with Crippen molar-refractivity contribution in [1.82, 2.24) is 9.88 Å². The van der Waals surface area contributed by atoms with Gasteiger partial charge in [-0.3, -0.25) is 9.59 Å². The average molecular weight is 392 g/mol. The van der Waals surface area contributed by atoms with Gasteiger partial charge in [-0.25, -0.2) is 4.98 Å². The van der Waals surface area contributed by atoms with E-state index < -0.39 is 0 Å². The van der Waals surface area contributed by atoms with Gasteiger partial charge in [0.2, 0.25) is 0 Å². The third kappa shape index (κ3) is 4.83. The number of ether oxygens (including phenoxy) is 1. The summed E-state index contributed by atoms with van der Waals surface area (Å²) in [6.07, 6.45) is 2.47. The zero-order valence-electron chi connectivity index (χ0n) is 16.3. The van der Waals surface area contributed by atoms with E-state index in [0.29, 0.717) is 19.5 Å². The number of carbonyl (C=O) groups is 2. The molecule has 150 valence electrons. The highest BCUT2D eigenvalue weighted by atomic mass is 16.5. The van der Waals surface area contributed by atoms with Crippen molar-refractivity contribution in [3.8, 4) is 0 Å². The maximum Gasteiger partial charge on any atom is 0.306 e. The second-order valence-electron chi connectivity index (χ2n) is 7.32. The minimum atomic E-state index is -0.344. The minimum Gasteiger partial charge on any atom is -0.456 e. The molecule has 2 aromatic carbocycles. The molecule has 29 heavy (non-hydrogen) atoms. The van der Waals surface area contributed by atoms with Gasteiger partial charge in [0.1, 0.15) is 5.52 Å². The number of carbonyl (C=O) groups excluding carboxylic acids is 2. The molecule has 1 aliphatic heterocycles. The number of nitrogens with zero attached hydrogens (tertiary/aromatic N) is 2. The molecule has 6 heteroatoms. The third-order valence-electron chi connectivity index (χ3n) is 5.32. The molecule has 0 radical (unpaired) electrons. The van der Waals surface area contributed by atoms with Gasteiger partial charge in [0.25, 0.3) is 5.91 Å². The van der Waals surface area contributed by atoms with Gasteiger partial charge >= 0.3 is 5.97 Å². The van der Waals surface area contributed by atoms with Crippen LogP contribution in [0.15, 0.2) is 59.0 Å². The van der Waals surface area contributed by atoms with E-state index in [0.717, 1.165) is 35.4 Å². The number of hydrogen-bond donors (Lipinski definition) is 0. The molecule has 2 heterocycles. The number of benzene rings is 2. The van der Waals surface area contributed by atoms with E-state index in [9.17, 15) is 9.59 Å². The van der Waals surface area contributed by atoms with Crippen LogP contribution in [0.1, 0.15) is 36.6 Å². The Labute approximate surface area is 169 Å². The fourth-order valence-corrected chi connectivity index (χ4v) is 3.64. The van der Waals surface area contributed by atoms with E-state index in [1.807, 2.05) is 54.6 Å². The van der Waals surface area contributed by atoms with E-state index in [1.165, 1.54) is 0 Å². The predicted molar refractivity (Wildman–Crippen MR) is 108 cm³/mol. The van der Waals surface area contributed by atoms with Gasteiger partial charge in [0.15, 0.2) is 18.1 Å².